The monoisotopic (exact) mass is 464 g/mol. The van der Waals surface area contributed by atoms with Gasteiger partial charge in [0.2, 0.25) is 5.91 Å². The van der Waals surface area contributed by atoms with Gasteiger partial charge in [-0.25, -0.2) is 0 Å². The van der Waals surface area contributed by atoms with Crippen LogP contribution in [0.5, 0.6) is 0 Å². The van der Waals surface area contributed by atoms with Crippen molar-refractivity contribution in [1.82, 2.24) is 15.5 Å². The molecule has 0 saturated carbocycles. The third-order valence-electron chi connectivity index (χ3n) is 5.46. The van der Waals surface area contributed by atoms with Crippen molar-refractivity contribution in [2.24, 2.45) is 5.92 Å². The molecule has 0 unspecified atom stereocenters. The Morgan fingerprint density at radius 2 is 1.97 bits per heavy atom. The largest absolute Gasteiger partial charge is 0.354 e. The van der Waals surface area contributed by atoms with Gasteiger partial charge in [-0.05, 0) is 55.7 Å². The van der Waals surface area contributed by atoms with Crippen molar-refractivity contribution in [3.8, 4) is 11.3 Å². The molecule has 1 aromatic heterocycles. The first-order valence-corrected chi connectivity index (χ1v) is 11.1. The van der Waals surface area contributed by atoms with Gasteiger partial charge in [-0.1, -0.05) is 51.8 Å². The highest BCUT2D eigenvalue weighted by molar-refractivity contribution is 9.10. The van der Waals surface area contributed by atoms with Crippen LogP contribution in [0.2, 0.25) is 0 Å². The lowest BCUT2D eigenvalue weighted by Gasteiger charge is -2.32. The molecule has 3 aromatic rings. The van der Waals surface area contributed by atoms with Crippen molar-refractivity contribution in [1.29, 1.82) is 0 Å². The number of amides is 1. The van der Waals surface area contributed by atoms with Gasteiger partial charge in [-0.2, -0.15) is 0 Å². The number of piperidine rings is 1. The van der Waals surface area contributed by atoms with Crippen LogP contribution in [-0.2, 0) is 11.3 Å². The molecule has 0 bridgehead atoms. The van der Waals surface area contributed by atoms with Gasteiger partial charge >= 0.3 is 0 Å². The summed E-state index contributed by atoms with van der Waals surface area (Å²) in [6, 6.07) is 20.3. The Kier molecular flexibility index (Phi) is 6.43. The molecule has 2 heterocycles. The molecule has 1 fully saturated rings. The molecule has 1 atom stereocenters. The molecule has 4 rings (SSSR count). The summed E-state index contributed by atoms with van der Waals surface area (Å²) >= 11 is 3.43. The van der Waals surface area contributed by atoms with Crippen LogP contribution in [0.15, 0.2) is 65.1 Å². The molecule has 154 valence electrons. The predicted octanol–water partition coefficient (Wildman–Crippen LogP) is 4.75. The Morgan fingerprint density at radius 1 is 1.13 bits per heavy atom. The minimum Gasteiger partial charge on any atom is -0.354 e. The molecule has 5 nitrogen and oxygen atoms in total. The van der Waals surface area contributed by atoms with Gasteiger partial charge in [0.1, 0.15) is 0 Å². The summed E-state index contributed by atoms with van der Waals surface area (Å²) in [7, 11) is 0. The minimum atomic E-state index is -0.0348. The molecular formula is C24H25BrN4O. The first-order valence-electron chi connectivity index (χ1n) is 10.3. The van der Waals surface area contributed by atoms with E-state index in [-0.39, 0.29) is 11.8 Å². The summed E-state index contributed by atoms with van der Waals surface area (Å²) in [6.07, 6.45) is 1.87. The smallest absolute Gasteiger partial charge is 0.225 e. The van der Waals surface area contributed by atoms with Crippen molar-refractivity contribution in [2.45, 2.75) is 26.3 Å². The number of halogens is 1. The number of aryl methyl sites for hydroxylation is 1. The molecule has 1 amide bonds. The summed E-state index contributed by atoms with van der Waals surface area (Å²) in [5.41, 5.74) is 4.23. The molecule has 1 aliphatic rings. The van der Waals surface area contributed by atoms with Crippen LogP contribution in [0, 0.1) is 12.8 Å². The van der Waals surface area contributed by atoms with E-state index in [1.54, 1.807) is 0 Å². The lowest BCUT2D eigenvalue weighted by Crippen LogP contribution is -2.43. The van der Waals surface area contributed by atoms with Crippen LogP contribution in [0.3, 0.4) is 0 Å². The standard InChI is InChI=1S/C24H25BrN4O/c1-17-4-2-5-19(14-17)22-11-12-23(28-27-22)29-13-3-6-20(16-29)24(30)26-15-18-7-9-21(25)10-8-18/h2,4-5,7-12,14,20H,3,6,13,15-16H2,1H3,(H,26,30)/t20-/m0/s1. The third-order valence-corrected chi connectivity index (χ3v) is 5.99. The molecule has 0 spiro atoms. The lowest BCUT2D eigenvalue weighted by atomic mass is 9.97. The van der Waals surface area contributed by atoms with Crippen LogP contribution in [0.1, 0.15) is 24.0 Å². The topological polar surface area (TPSA) is 58.1 Å². The Hall–Kier alpha value is -2.73. The maximum absolute atomic E-state index is 12.7. The number of benzene rings is 2. The SMILES string of the molecule is Cc1cccc(-c2ccc(N3CCC[C@H](C(=O)NCc4ccc(Br)cc4)C3)nn2)c1. The molecule has 2 aromatic carbocycles. The maximum Gasteiger partial charge on any atom is 0.225 e. The molecule has 30 heavy (non-hydrogen) atoms. The van der Waals surface area contributed by atoms with E-state index in [2.05, 4.69) is 55.4 Å². The Morgan fingerprint density at radius 3 is 2.70 bits per heavy atom. The van der Waals surface area contributed by atoms with E-state index in [9.17, 15) is 4.79 Å². The van der Waals surface area contributed by atoms with Crippen LogP contribution < -0.4 is 10.2 Å². The number of aromatic nitrogens is 2. The number of anilines is 1. The molecular weight excluding hydrogens is 440 g/mol. The fourth-order valence-corrected chi connectivity index (χ4v) is 4.05. The number of hydrogen-bond donors (Lipinski definition) is 1. The van der Waals surface area contributed by atoms with Crippen molar-refractivity contribution in [2.75, 3.05) is 18.0 Å². The van der Waals surface area contributed by atoms with Crippen molar-refractivity contribution < 1.29 is 4.79 Å². The van der Waals surface area contributed by atoms with E-state index in [1.165, 1.54) is 5.56 Å². The van der Waals surface area contributed by atoms with Gasteiger partial charge < -0.3 is 10.2 Å². The van der Waals surface area contributed by atoms with Crippen LogP contribution in [0.4, 0.5) is 5.82 Å². The summed E-state index contributed by atoms with van der Waals surface area (Å²) < 4.78 is 1.04. The minimum absolute atomic E-state index is 0.0348. The first kappa shape index (κ1) is 20.5. The maximum atomic E-state index is 12.7. The summed E-state index contributed by atoms with van der Waals surface area (Å²) in [5.74, 6) is 0.899. The zero-order valence-electron chi connectivity index (χ0n) is 17.0. The first-order chi connectivity index (χ1) is 14.6. The van der Waals surface area contributed by atoms with E-state index in [0.29, 0.717) is 13.1 Å². The summed E-state index contributed by atoms with van der Waals surface area (Å²) in [5, 5.41) is 11.9. The second-order valence-electron chi connectivity index (χ2n) is 7.78. The molecule has 0 radical (unpaired) electrons. The molecule has 1 saturated heterocycles. The number of hydrogen-bond acceptors (Lipinski definition) is 4. The van der Waals surface area contributed by atoms with Crippen molar-refractivity contribution >= 4 is 27.7 Å². The quantitative estimate of drug-likeness (QED) is 0.591. The molecule has 6 heteroatoms. The van der Waals surface area contributed by atoms with Crippen molar-refractivity contribution in [3.05, 3.63) is 76.3 Å². The fraction of sp³-hybridized carbons (Fsp3) is 0.292. The van der Waals surface area contributed by atoms with Gasteiger partial charge in [-0.15, -0.1) is 10.2 Å². The van der Waals surface area contributed by atoms with Gasteiger partial charge in [0.25, 0.3) is 0 Å². The van der Waals surface area contributed by atoms with Gasteiger partial charge in [0.05, 0.1) is 11.6 Å². The fourth-order valence-electron chi connectivity index (χ4n) is 3.79. The summed E-state index contributed by atoms with van der Waals surface area (Å²) in [4.78, 5) is 14.9. The highest BCUT2D eigenvalue weighted by Crippen LogP contribution is 2.24. The highest BCUT2D eigenvalue weighted by atomic mass is 79.9. The van der Waals surface area contributed by atoms with E-state index < -0.39 is 0 Å². The second-order valence-corrected chi connectivity index (χ2v) is 8.69. The number of carbonyl (C=O) groups is 1. The van der Waals surface area contributed by atoms with Crippen LogP contribution in [-0.4, -0.2) is 29.2 Å². The van der Waals surface area contributed by atoms with Gasteiger partial charge in [0, 0.05) is 29.7 Å². The Labute approximate surface area is 185 Å². The van der Waals surface area contributed by atoms with Crippen molar-refractivity contribution in [3.63, 3.8) is 0 Å². The molecule has 1 aliphatic heterocycles. The zero-order chi connectivity index (χ0) is 20.9. The van der Waals surface area contributed by atoms with E-state index in [0.717, 1.165) is 46.5 Å². The number of rotatable bonds is 5. The van der Waals surface area contributed by atoms with E-state index in [4.69, 9.17) is 0 Å². The van der Waals surface area contributed by atoms with E-state index >= 15 is 0 Å². The zero-order valence-corrected chi connectivity index (χ0v) is 18.6. The highest BCUT2D eigenvalue weighted by Gasteiger charge is 2.26. The van der Waals surface area contributed by atoms with Gasteiger partial charge in [0.15, 0.2) is 5.82 Å². The lowest BCUT2D eigenvalue weighted by molar-refractivity contribution is -0.125. The number of nitrogens with zero attached hydrogens (tertiary/aromatic N) is 3. The Balaban J connectivity index is 1.37. The number of carbonyl (C=O) groups excluding carboxylic acids is 1. The third kappa shape index (κ3) is 5.05. The molecule has 0 aliphatic carbocycles. The predicted molar refractivity (Wildman–Crippen MR) is 123 cm³/mol. The number of nitrogens with one attached hydrogen (secondary N) is 1. The summed E-state index contributed by atoms with van der Waals surface area (Å²) in [6.45, 7) is 4.19. The van der Waals surface area contributed by atoms with Crippen LogP contribution >= 0.6 is 15.9 Å². The van der Waals surface area contributed by atoms with Gasteiger partial charge in [-0.3, -0.25) is 4.79 Å². The molecule has 1 N–H and O–H groups in total. The normalized spacial score (nSPS) is 16.3. The average molecular weight is 465 g/mol. The van der Waals surface area contributed by atoms with E-state index in [1.807, 2.05) is 48.5 Å². The average Bonchev–Trinajstić information content (AvgIpc) is 2.79. The van der Waals surface area contributed by atoms with Crippen LogP contribution in [0.25, 0.3) is 11.3 Å². The second kappa shape index (κ2) is 9.39. The Bertz CT molecular complexity index is 1000.